The van der Waals surface area contributed by atoms with Crippen molar-refractivity contribution in [3.05, 3.63) is 28.2 Å². The third-order valence-corrected chi connectivity index (χ3v) is 3.34. The van der Waals surface area contributed by atoms with Gasteiger partial charge in [0.1, 0.15) is 5.75 Å². The maximum atomic E-state index is 12.5. The minimum absolute atomic E-state index is 0.0806. The first-order valence-corrected chi connectivity index (χ1v) is 7.02. The molecule has 0 bridgehead atoms. The van der Waals surface area contributed by atoms with Crippen LogP contribution < -0.4 is 4.74 Å². The zero-order chi connectivity index (χ0) is 15.3. The fourth-order valence-corrected chi connectivity index (χ4v) is 2.15. The molecule has 5 nitrogen and oxygen atoms in total. The highest BCUT2D eigenvalue weighted by Gasteiger charge is 2.22. The van der Waals surface area contributed by atoms with E-state index >= 15 is 0 Å². The molecule has 0 unspecified atom stereocenters. The van der Waals surface area contributed by atoms with Gasteiger partial charge >= 0.3 is 5.97 Å². The molecular formula is C14H18BrNO4. The van der Waals surface area contributed by atoms with Gasteiger partial charge in [0.15, 0.2) is 0 Å². The first-order chi connectivity index (χ1) is 9.36. The lowest BCUT2D eigenvalue weighted by molar-refractivity contribution is -0.137. The SMILES string of the molecule is COc1cc(Br)ccc1C(=O)N(CCC(=O)O)C(C)C. The van der Waals surface area contributed by atoms with Gasteiger partial charge in [0.2, 0.25) is 0 Å². The van der Waals surface area contributed by atoms with Crippen LogP contribution in [0.4, 0.5) is 0 Å². The molecule has 6 heteroatoms. The lowest BCUT2D eigenvalue weighted by Gasteiger charge is -2.27. The van der Waals surface area contributed by atoms with E-state index in [2.05, 4.69) is 15.9 Å². The van der Waals surface area contributed by atoms with Gasteiger partial charge in [-0.25, -0.2) is 0 Å². The third-order valence-electron chi connectivity index (χ3n) is 2.84. The summed E-state index contributed by atoms with van der Waals surface area (Å²) in [5, 5.41) is 8.76. The molecule has 1 aromatic rings. The van der Waals surface area contributed by atoms with Crippen molar-refractivity contribution in [1.29, 1.82) is 0 Å². The van der Waals surface area contributed by atoms with Crippen molar-refractivity contribution in [2.45, 2.75) is 26.3 Å². The molecular weight excluding hydrogens is 326 g/mol. The number of methoxy groups -OCH3 is 1. The molecule has 0 spiro atoms. The first-order valence-electron chi connectivity index (χ1n) is 6.23. The second-order valence-electron chi connectivity index (χ2n) is 4.58. The largest absolute Gasteiger partial charge is 0.496 e. The summed E-state index contributed by atoms with van der Waals surface area (Å²) < 4.78 is 6.02. The van der Waals surface area contributed by atoms with E-state index in [9.17, 15) is 9.59 Å². The number of carboxylic acids is 1. The number of benzene rings is 1. The van der Waals surface area contributed by atoms with Gasteiger partial charge < -0.3 is 14.7 Å². The fraction of sp³-hybridized carbons (Fsp3) is 0.429. The molecule has 0 saturated carbocycles. The molecule has 1 rings (SSSR count). The van der Waals surface area contributed by atoms with Crippen LogP contribution in [0.25, 0.3) is 0 Å². The molecule has 110 valence electrons. The van der Waals surface area contributed by atoms with E-state index in [4.69, 9.17) is 9.84 Å². The number of nitrogens with zero attached hydrogens (tertiary/aromatic N) is 1. The zero-order valence-electron chi connectivity index (χ0n) is 11.7. The molecule has 0 aromatic heterocycles. The lowest BCUT2D eigenvalue weighted by atomic mass is 10.1. The van der Waals surface area contributed by atoms with Crippen molar-refractivity contribution in [3.63, 3.8) is 0 Å². The van der Waals surface area contributed by atoms with Gasteiger partial charge in [-0.05, 0) is 32.0 Å². The number of ether oxygens (including phenoxy) is 1. The Kier molecular flexibility index (Phi) is 6.01. The quantitative estimate of drug-likeness (QED) is 0.862. The Hall–Kier alpha value is -1.56. The number of hydrogen-bond donors (Lipinski definition) is 1. The standard InChI is InChI=1S/C14H18BrNO4/c1-9(2)16(7-6-13(17)18)14(19)11-5-4-10(15)8-12(11)20-3/h4-5,8-9H,6-7H2,1-3H3,(H,17,18). The van der Waals surface area contributed by atoms with E-state index in [0.717, 1.165) is 4.47 Å². The Balaban J connectivity index is 3.03. The number of hydrogen-bond acceptors (Lipinski definition) is 3. The van der Waals surface area contributed by atoms with Gasteiger partial charge in [0, 0.05) is 17.1 Å². The normalized spacial score (nSPS) is 10.4. The first kappa shape index (κ1) is 16.5. The van der Waals surface area contributed by atoms with E-state index in [1.165, 1.54) is 12.0 Å². The Labute approximate surface area is 126 Å². The molecule has 0 aliphatic rings. The molecule has 1 amide bonds. The van der Waals surface area contributed by atoms with Gasteiger partial charge in [-0.1, -0.05) is 15.9 Å². The summed E-state index contributed by atoms with van der Waals surface area (Å²) in [6, 6.07) is 5.05. The summed E-state index contributed by atoms with van der Waals surface area (Å²) in [7, 11) is 1.50. The summed E-state index contributed by atoms with van der Waals surface area (Å²) in [4.78, 5) is 24.7. The summed E-state index contributed by atoms with van der Waals surface area (Å²) in [6.45, 7) is 3.88. The van der Waals surface area contributed by atoms with Gasteiger partial charge in [0.25, 0.3) is 5.91 Å². The number of carbonyl (C=O) groups is 2. The summed E-state index contributed by atoms with van der Waals surface area (Å²) in [6.07, 6.45) is -0.0806. The Morgan fingerprint density at radius 2 is 2.05 bits per heavy atom. The van der Waals surface area contributed by atoms with E-state index in [1.807, 2.05) is 13.8 Å². The van der Waals surface area contributed by atoms with Crippen molar-refractivity contribution in [2.24, 2.45) is 0 Å². The maximum Gasteiger partial charge on any atom is 0.305 e. The van der Waals surface area contributed by atoms with Crippen LogP contribution in [0.3, 0.4) is 0 Å². The van der Waals surface area contributed by atoms with E-state index in [-0.39, 0.29) is 24.9 Å². The highest BCUT2D eigenvalue weighted by molar-refractivity contribution is 9.10. The monoisotopic (exact) mass is 343 g/mol. The molecule has 0 heterocycles. The molecule has 0 fully saturated rings. The average Bonchev–Trinajstić information content (AvgIpc) is 2.37. The van der Waals surface area contributed by atoms with Crippen LogP contribution in [0.1, 0.15) is 30.6 Å². The Morgan fingerprint density at radius 1 is 1.40 bits per heavy atom. The van der Waals surface area contributed by atoms with Crippen LogP contribution in [-0.2, 0) is 4.79 Å². The van der Waals surface area contributed by atoms with Crippen molar-refractivity contribution < 1.29 is 19.4 Å². The van der Waals surface area contributed by atoms with Gasteiger partial charge in [0.05, 0.1) is 19.1 Å². The van der Waals surface area contributed by atoms with Crippen molar-refractivity contribution >= 4 is 27.8 Å². The van der Waals surface area contributed by atoms with Gasteiger partial charge in [-0.15, -0.1) is 0 Å². The second kappa shape index (κ2) is 7.28. The molecule has 1 aromatic carbocycles. The number of halogens is 1. The highest BCUT2D eigenvalue weighted by Crippen LogP contribution is 2.25. The van der Waals surface area contributed by atoms with Crippen LogP contribution in [0.5, 0.6) is 5.75 Å². The smallest absolute Gasteiger partial charge is 0.305 e. The summed E-state index contributed by atoms with van der Waals surface area (Å²) in [5.41, 5.74) is 0.426. The van der Waals surface area contributed by atoms with Crippen LogP contribution in [-0.4, -0.2) is 41.6 Å². The second-order valence-corrected chi connectivity index (χ2v) is 5.50. The van der Waals surface area contributed by atoms with Crippen LogP contribution >= 0.6 is 15.9 Å². The van der Waals surface area contributed by atoms with E-state index in [1.54, 1.807) is 18.2 Å². The number of aliphatic carboxylic acids is 1. The van der Waals surface area contributed by atoms with Crippen molar-refractivity contribution in [2.75, 3.05) is 13.7 Å². The highest BCUT2D eigenvalue weighted by atomic mass is 79.9. The van der Waals surface area contributed by atoms with E-state index in [0.29, 0.717) is 11.3 Å². The van der Waals surface area contributed by atoms with Crippen LogP contribution in [0.2, 0.25) is 0 Å². The summed E-state index contributed by atoms with van der Waals surface area (Å²) in [5.74, 6) is -0.692. The molecule has 0 saturated heterocycles. The lowest BCUT2D eigenvalue weighted by Crippen LogP contribution is -2.38. The predicted molar refractivity (Wildman–Crippen MR) is 79.1 cm³/mol. The molecule has 0 aliphatic carbocycles. The maximum absolute atomic E-state index is 12.5. The molecule has 20 heavy (non-hydrogen) atoms. The molecule has 0 radical (unpaired) electrons. The summed E-state index contributed by atoms with van der Waals surface area (Å²) >= 11 is 3.32. The van der Waals surface area contributed by atoms with Gasteiger partial charge in [-0.2, -0.15) is 0 Å². The topological polar surface area (TPSA) is 66.8 Å². The number of rotatable bonds is 6. The number of amides is 1. The number of carbonyl (C=O) groups excluding carboxylic acids is 1. The van der Waals surface area contributed by atoms with Crippen LogP contribution in [0, 0.1) is 0 Å². The van der Waals surface area contributed by atoms with Gasteiger partial charge in [-0.3, -0.25) is 9.59 Å². The third kappa shape index (κ3) is 4.23. The minimum atomic E-state index is -0.925. The van der Waals surface area contributed by atoms with E-state index < -0.39 is 5.97 Å². The van der Waals surface area contributed by atoms with Crippen molar-refractivity contribution in [3.8, 4) is 5.75 Å². The number of carboxylic acid groups (broad SMARTS) is 1. The fourth-order valence-electron chi connectivity index (χ4n) is 1.81. The zero-order valence-corrected chi connectivity index (χ0v) is 13.3. The molecule has 1 N–H and O–H groups in total. The average molecular weight is 344 g/mol. The Morgan fingerprint density at radius 3 is 2.55 bits per heavy atom. The predicted octanol–water partition coefficient (Wildman–Crippen LogP) is 2.78. The van der Waals surface area contributed by atoms with Crippen molar-refractivity contribution in [1.82, 2.24) is 4.90 Å². The minimum Gasteiger partial charge on any atom is -0.496 e. The Bertz CT molecular complexity index is 502. The molecule has 0 aliphatic heterocycles. The molecule has 0 atom stereocenters. The van der Waals surface area contributed by atoms with Crippen LogP contribution in [0.15, 0.2) is 22.7 Å².